The van der Waals surface area contributed by atoms with Crippen molar-refractivity contribution in [2.75, 3.05) is 4.90 Å². The van der Waals surface area contributed by atoms with Crippen LogP contribution in [0.2, 0.25) is 0 Å². The van der Waals surface area contributed by atoms with Gasteiger partial charge in [-0.2, -0.15) is 0 Å². The van der Waals surface area contributed by atoms with Crippen molar-refractivity contribution < 1.29 is 9.59 Å². The van der Waals surface area contributed by atoms with E-state index in [1.165, 1.54) is 29.1 Å². The minimum atomic E-state index is -0.117. The molecule has 5 heteroatoms. The Kier molecular flexibility index (Phi) is 1.62. The van der Waals surface area contributed by atoms with Gasteiger partial charge in [0, 0.05) is 11.6 Å². The monoisotopic (exact) mass is 272 g/mol. The Morgan fingerprint density at radius 3 is 2.26 bits per heavy atom. The molecule has 1 saturated heterocycles. The fraction of sp³-hybridized carbons (Fsp3) is 0.500. The summed E-state index contributed by atoms with van der Waals surface area (Å²) in [4.78, 5) is 30.7. The molecule has 0 N–H and O–H groups in total. The first kappa shape index (κ1) is 10.3. The van der Waals surface area contributed by atoms with E-state index in [9.17, 15) is 9.59 Å². The van der Waals surface area contributed by atoms with Crippen molar-refractivity contribution in [1.29, 1.82) is 0 Å². The van der Waals surface area contributed by atoms with Crippen molar-refractivity contribution in [3.8, 4) is 0 Å². The van der Waals surface area contributed by atoms with Crippen molar-refractivity contribution in [2.24, 2.45) is 29.1 Å². The number of carbonyl (C=O) groups is 2. The Bertz CT molecular complexity index is 598. The molecule has 96 valence electrons. The molecule has 0 radical (unpaired) electrons. The number of allylic oxidation sites excluding steroid dienone is 2. The van der Waals surface area contributed by atoms with Gasteiger partial charge in [0.2, 0.25) is 11.8 Å². The lowest BCUT2D eigenvalue weighted by Gasteiger charge is -2.19. The van der Waals surface area contributed by atoms with Gasteiger partial charge in [0.15, 0.2) is 5.13 Å². The van der Waals surface area contributed by atoms with E-state index in [4.69, 9.17) is 0 Å². The third-order valence-corrected chi connectivity index (χ3v) is 6.22. The third kappa shape index (κ3) is 0.982. The highest BCUT2D eigenvalue weighted by molar-refractivity contribution is 7.14. The van der Waals surface area contributed by atoms with Crippen molar-refractivity contribution in [1.82, 2.24) is 4.98 Å². The lowest BCUT2D eigenvalue weighted by Crippen LogP contribution is -2.34. The van der Waals surface area contributed by atoms with Gasteiger partial charge in [-0.25, -0.2) is 9.88 Å². The van der Waals surface area contributed by atoms with Gasteiger partial charge >= 0.3 is 0 Å². The lowest BCUT2D eigenvalue weighted by molar-refractivity contribution is -0.123. The van der Waals surface area contributed by atoms with Gasteiger partial charge in [-0.15, -0.1) is 11.3 Å². The first-order valence-corrected chi connectivity index (χ1v) is 7.58. The molecule has 19 heavy (non-hydrogen) atoms. The van der Waals surface area contributed by atoms with Gasteiger partial charge in [0.05, 0.1) is 11.8 Å². The highest BCUT2D eigenvalue weighted by Gasteiger charge is 2.73. The number of nitrogens with zero attached hydrogens (tertiary/aromatic N) is 2. The molecule has 4 aliphatic rings. The molecule has 0 unspecified atom stereocenters. The highest BCUT2D eigenvalue weighted by Crippen LogP contribution is 2.73. The summed E-state index contributed by atoms with van der Waals surface area (Å²) in [5.41, 5.74) is 0.273. The lowest BCUT2D eigenvalue weighted by atomic mass is 9.85. The molecule has 2 saturated carbocycles. The molecule has 1 spiro atoms. The summed E-state index contributed by atoms with van der Waals surface area (Å²) >= 11 is 1.36. The maximum absolute atomic E-state index is 12.6. The predicted molar refractivity (Wildman–Crippen MR) is 69.4 cm³/mol. The number of carbonyl (C=O) groups excluding carboxylic acids is 2. The molecule has 2 amide bonds. The molecule has 1 aromatic heterocycles. The second-order valence-electron chi connectivity index (χ2n) is 6.05. The number of amides is 2. The Labute approximate surface area is 114 Å². The summed E-state index contributed by atoms with van der Waals surface area (Å²) < 4.78 is 0. The smallest absolute Gasteiger partial charge is 0.240 e. The Morgan fingerprint density at radius 1 is 1.16 bits per heavy atom. The zero-order valence-corrected chi connectivity index (χ0v) is 11.0. The maximum atomic E-state index is 12.6. The van der Waals surface area contributed by atoms with E-state index < -0.39 is 0 Å². The van der Waals surface area contributed by atoms with Crippen LogP contribution in [-0.4, -0.2) is 16.8 Å². The van der Waals surface area contributed by atoms with E-state index in [-0.39, 0.29) is 29.1 Å². The van der Waals surface area contributed by atoms with Crippen LogP contribution >= 0.6 is 11.3 Å². The number of imide groups is 1. The molecule has 3 fully saturated rings. The zero-order valence-electron chi connectivity index (χ0n) is 10.2. The summed E-state index contributed by atoms with van der Waals surface area (Å²) in [6.45, 7) is 0. The molecule has 2 bridgehead atoms. The van der Waals surface area contributed by atoms with Gasteiger partial charge in [0.1, 0.15) is 0 Å². The topological polar surface area (TPSA) is 50.3 Å². The summed E-state index contributed by atoms with van der Waals surface area (Å²) in [7, 11) is 0. The largest absolute Gasteiger partial charge is 0.274 e. The van der Waals surface area contributed by atoms with E-state index in [1.54, 1.807) is 11.6 Å². The van der Waals surface area contributed by atoms with Crippen molar-refractivity contribution >= 4 is 28.3 Å². The van der Waals surface area contributed by atoms with Gasteiger partial charge in [-0.3, -0.25) is 9.59 Å². The van der Waals surface area contributed by atoms with Crippen LogP contribution in [0.25, 0.3) is 0 Å². The number of hydrogen-bond acceptors (Lipinski definition) is 4. The minimum absolute atomic E-state index is 0.0203. The van der Waals surface area contributed by atoms with Gasteiger partial charge in [-0.1, -0.05) is 12.2 Å². The first-order chi connectivity index (χ1) is 9.24. The predicted octanol–water partition coefficient (Wildman–Crippen LogP) is 1.84. The van der Waals surface area contributed by atoms with Crippen LogP contribution in [0.4, 0.5) is 5.13 Å². The van der Waals surface area contributed by atoms with E-state index in [0.29, 0.717) is 17.0 Å². The van der Waals surface area contributed by atoms with E-state index in [2.05, 4.69) is 17.1 Å². The van der Waals surface area contributed by atoms with Crippen LogP contribution in [0.15, 0.2) is 23.7 Å². The number of fused-ring (bicyclic) bond motifs is 3. The molecule has 3 aliphatic carbocycles. The van der Waals surface area contributed by atoms with Crippen LogP contribution in [-0.2, 0) is 9.59 Å². The van der Waals surface area contributed by atoms with Crippen LogP contribution in [0.3, 0.4) is 0 Å². The van der Waals surface area contributed by atoms with Crippen LogP contribution in [0.1, 0.15) is 12.8 Å². The summed E-state index contributed by atoms with van der Waals surface area (Å²) in [6, 6.07) is 0. The van der Waals surface area contributed by atoms with E-state index in [0.717, 1.165) is 0 Å². The second-order valence-corrected chi connectivity index (χ2v) is 6.92. The zero-order chi connectivity index (χ0) is 12.8. The number of aromatic nitrogens is 1. The standard InChI is InChI=1S/C14H12N2O2S/c17-11-9-7-1-2-8(14(7)3-4-14)10(9)12(18)16(11)13-15-5-6-19-13/h1-2,5-10H,3-4H2/t7-,8+,9-,10+. The molecule has 4 atom stereocenters. The summed E-state index contributed by atoms with van der Waals surface area (Å²) in [5, 5.41) is 2.34. The molecule has 1 aromatic rings. The molecule has 0 aromatic carbocycles. The molecule has 4 nitrogen and oxygen atoms in total. The minimum Gasteiger partial charge on any atom is -0.274 e. The van der Waals surface area contributed by atoms with E-state index in [1.807, 2.05) is 0 Å². The molecule has 1 aliphatic heterocycles. The quantitative estimate of drug-likeness (QED) is 0.579. The Morgan fingerprint density at radius 2 is 1.79 bits per heavy atom. The SMILES string of the molecule is O=C1[C@@H]2[C@H](C(=O)N1c1nccs1)[C@H]1C=C[C@@H]2C12CC2. The van der Waals surface area contributed by atoms with E-state index >= 15 is 0 Å². The maximum Gasteiger partial charge on any atom is 0.240 e. The Hall–Kier alpha value is -1.49. The number of anilines is 1. The average Bonchev–Trinajstić information content (AvgIpc) is 2.70. The van der Waals surface area contributed by atoms with Gasteiger partial charge < -0.3 is 0 Å². The highest BCUT2D eigenvalue weighted by atomic mass is 32.1. The number of rotatable bonds is 1. The summed E-state index contributed by atoms with van der Waals surface area (Å²) in [6.07, 6.45) is 8.38. The molecular weight excluding hydrogens is 260 g/mol. The molecular formula is C14H12N2O2S. The van der Waals surface area contributed by atoms with Crippen molar-refractivity contribution in [2.45, 2.75) is 12.8 Å². The van der Waals surface area contributed by atoms with Crippen molar-refractivity contribution in [3.05, 3.63) is 23.7 Å². The second kappa shape index (κ2) is 2.98. The molecule has 2 heterocycles. The first-order valence-electron chi connectivity index (χ1n) is 6.70. The normalized spacial score (nSPS) is 40.5. The average molecular weight is 272 g/mol. The van der Waals surface area contributed by atoms with Gasteiger partial charge in [0.25, 0.3) is 0 Å². The van der Waals surface area contributed by atoms with Gasteiger partial charge in [-0.05, 0) is 30.1 Å². The van der Waals surface area contributed by atoms with Crippen LogP contribution in [0, 0.1) is 29.1 Å². The van der Waals surface area contributed by atoms with Crippen molar-refractivity contribution in [3.63, 3.8) is 0 Å². The van der Waals surface area contributed by atoms with Crippen LogP contribution < -0.4 is 4.90 Å². The fourth-order valence-electron chi connectivity index (χ4n) is 4.59. The summed E-state index contributed by atoms with van der Waals surface area (Å²) in [5.74, 6) is 0.316. The third-order valence-electron chi connectivity index (χ3n) is 5.46. The fourth-order valence-corrected chi connectivity index (χ4v) is 5.24. The number of hydrogen-bond donors (Lipinski definition) is 0. The van der Waals surface area contributed by atoms with Crippen LogP contribution in [0.5, 0.6) is 0 Å². The number of thiazole rings is 1. The Balaban J connectivity index is 1.62. The molecule has 5 rings (SSSR count).